The summed E-state index contributed by atoms with van der Waals surface area (Å²) in [5.74, 6) is -0.401. The molecule has 1 N–H and O–H groups in total. The van der Waals surface area contributed by atoms with Gasteiger partial charge in [-0.2, -0.15) is 0 Å². The Balaban J connectivity index is 2.02. The lowest BCUT2D eigenvalue weighted by molar-refractivity contribution is 0.0563. The molecule has 0 aliphatic rings. The van der Waals surface area contributed by atoms with Crippen molar-refractivity contribution in [2.24, 2.45) is 0 Å². The van der Waals surface area contributed by atoms with Gasteiger partial charge in [-0.15, -0.1) is 0 Å². The van der Waals surface area contributed by atoms with Gasteiger partial charge >= 0.3 is 5.97 Å². The molecule has 2 aromatic rings. The normalized spacial score (nSPS) is 10.3. The number of nitrogens with one attached hydrogen (secondary N) is 1. The van der Waals surface area contributed by atoms with Crippen molar-refractivity contribution in [3.05, 3.63) is 52.7 Å². The van der Waals surface area contributed by atoms with E-state index < -0.39 is 11.8 Å². The first kappa shape index (κ1) is 13.4. The minimum absolute atomic E-state index is 0.107. The van der Waals surface area contributed by atoms with Crippen molar-refractivity contribution in [1.29, 1.82) is 0 Å². The molecule has 0 amide bonds. The van der Waals surface area contributed by atoms with Gasteiger partial charge in [0, 0.05) is 5.02 Å². The van der Waals surface area contributed by atoms with Gasteiger partial charge in [-0.3, -0.25) is 0 Å². The number of furan rings is 1. The largest absolute Gasteiger partial charge is 0.463 e. The monoisotopic (exact) mass is 283 g/mol. The van der Waals surface area contributed by atoms with Crippen LogP contribution in [0.5, 0.6) is 0 Å². The highest BCUT2D eigenvalue weighted by Gasteiger charge is 2.11. The maximum Gasteiger partial charge on any atom is 0.373 e. The van der Waals surface area contributed by atoms with E-state index in [1.165, 1.54) is 25.3 Å². The lowest BCUT2D eigenvalue weighted by Crippen LogP contribution is -2.01. The van der Waals surface area contributed by atoms with Gasteiger partial charge in [0.2, 0.25) is 5.76 Å². The summed E-state index contributed by atoms with van der Waals surface area (Å²) in [5, 5.41) is 3.18. The summed E-state index contributed by atoms with van der Waals surface area (Å²) < 4.78 is 23.2. The summed E-state index contributed by atoms with van der Waals surface area (Å²) in [5.41, 5.74) is 0.306. The number of ether oxygens (including phenoxy) is 1. The predicted octanol–water partition coefficient (Wildman–Crippen LogP) is 3.47. The maximum atomic E-state index is 13.5. The van der Waals surface area contributed by atoms with Crippen LogP contribution in [-0.4, -0.2) is 13.1 Å². The lowest BCUT2D eigenvalue weighted by Gasteiger charge is -2.05. The average molecular weight is 284 g/mol. The molecule has 0 bridgehead atoms. The van der Waals surface area contributed by atoms with Crippen molar-refractivity contribution >= 4 is 23.3 Å². The average Bonchev–Trinajstić information content (AvgIpc) is 2.85. The number of carbonyl (C=O) groups excluding carboxylic acids is 1. The zero-order valence-corrected chi connectivity index (χ0v) is 10.8. The Kier molecular flexibility index (Phi) is 4.06. The predicted molar refractivity (Wildman–Crippen MR) is 68.8 cm³/mol. The van der Waals surface area contributed by atoms with E-state index in [0.717, 1.165) is 0 Å². The second-order valence-corrected chi connectivity index (χ2v) is 4.17. The number of rotatable bonds is 4. The topological polar surface area (TPSA) is 51.5 Å². The number of hydrogen-bond donors (Lipinski definition) is 1. The van der Waals surface area contributed by atoms with Crippen LogP contribution in [0.15, 0.2) is 34.7 Å². The molecular weight excluding hydrogens is 273 g/mol. The molecule has 19 heavy (non-hydrogen) atoms. The van der Waals surface area contributed by atoms with Gasteiger partial charge in [0.05, 0.1) is 19.3 Å². The van der Waals surface area contributed by atoms with Crippen molar-refractivity contribution in [3.8, 4) is 0 Å². The smallest absolute Gasteiger partial charge is 0.373 e. The molecule has 0 unspecified atom stereocenters. The van der Waals surface area contributed by atoms with Gasteiger partial charge in [0.25, 0.3) is 0 Å². The van der Waals surface area contributed by atoms with Crippen LogP contribution in [-0.2, 0) is 11.3 Å². The number of halogens is 2. The Morgan fingerprint density at radius 3 is 2.89 bits per heavy atom. The number of carbonyl (C=O) groups is 1. The first-order chi connectivity index (χ1) is 9.10. The van der Waals surface area contributed by atoms with E-state index in [-0.39, 0.29) is 12.3 Å². The third-order valence-corrected chi connectivity index (χ3v) is 2.67. The molecule has 0 aliphatic carbocycles. The van der Waals surface area contributed by atoms with Crippen molar-refractivity contribution in [2.45, 2.75) is 6.54 Å². The molecule has 2 rings (SSSR count). The molecule has 1 aromatic carbocycles. The zero-order chi connectivity index (χ0) is 13.8. The third-order valence-electron chi connectivity index (χ3n) is 2.43. The Morgan fingerprint density at radius 2 is 2.21 bits per heavy atom. The summed E-state index contributed by atoms with van der Waals surface area (Å²) in [6, 6.07) is 7.44. The van der Waals surface area contributed by atoms with Crippen molar-refractivity contribution in [2.75, 3.05) is 12.4 Å². The summed E-state index contributed by atoms with van der Waals surface area (Å²) in [4.78, 5) is 11.2. The minimum Gasteiger partial charge on any atom is -0.463 e. The number of hydrogen-bond acceptors (Lipinski definition) is 4. The molecule has 0 aliphatic heterocycles. The van der Waals surface area contributed by atoms with E-state index in [0.29, 0.717) is 16.5 Å². The molecule has 6 heteroatoms. The van der Waals surface area contributed by atoms with Crippen LogP contribution >= 0.6 is 11.6 Å². The van der Waals surface area contributed by atoms with E-state index in [1.54, 1.807) is 12.1 Å². The van der Waals surface area contributed by atoms with Gasteiger partial charge in [-0.05, 0) is 30.3 Å². The Morgan fingerprint density at radius 1 is 1.42 bits per heavy atom. The number of esters is 1. The summed E-state index contributed by atoms with van der Waals surface area (Å²) in [6.07, 6.45) is 0. The fourth-order valence-electron chi connectivity index (χ4n) is 1.50. The van der Waals surface area contributed by atoms with Gasteiger partial charge in [0.1, 0.15) is 11.6 Å². The summed E-state index contributed by atoms with van der Waals surface area (Å²) in [7, 11) is 1.27. The maximum absolute atomic E-state index is 13.5. The van der Waals surface area contributed by atoms with Crippen molar-refractivity contribution < 1.29 is 18.3 Å². The molecule has 0 atom stereocenters. The van der Waals surface area contributed by atoms with Crippen molar-refractivity contribution in [1.82, 2.24) is 0 Å². The molecular formula is C13H11ClFNO3. The fraction of sp³-hybridized carbons (Fsp3) is 0.154. The third kappa shape index (κ3) is 3.26. The van der Waals surface area contributed by atoms with E-state index in [4.69, 9.17) is 16.0 Å². The quantitative estimate of drug-likeness (QED) is 0.873. The van der Waals surface area contributed by atoms with Gasteiger partial charge in [-0.25, -0.2) is 9.18 Å². The molecule has 0 saturated carbocycles. The summed E-state index contributed by atoms with van der Waals surface area (Å²) >= 11 is 5.65. The standard InChI is InChI=1S/C13H11ClFNO3/c1-18-13(17)12-5-3-9(19-12)7-16-11-4-2-8(14)6-10(11)15/h2-6,16H,7H2,1H3. The van der Waals surface area contributed by atoms with Gasteiger partial charge in [-0.1, -0.05) is 11.6 Å². The van der Waals surface area contributed by atoms with Crippen LogP contribution in [0.1, 0.15) is 16.3 Å². The van der Waals surface area contributed by atoms with Gasteiger partial charge in [0.15, 0.2) is 0 Å². The van der Waals surface area contributed by atoms with E-state index in [1.807, 2.05) is 0 Å². The minimum atomic E-state index is -0.552. The molecule has 100 valence electrons. The highest BCUT2D eigenvalue weighted by Crippen LogP contribution is 2.20. The van der Waals surface area contributed by atoms with E-state index >= 15 is 0 Å². The molecule has 4 nitrogen and oxygen atoms in total. The number of benzene rings is 1. The fourth-order valence-corrected chi connectivity index (χ4v) is 1.66. The molecule has 0 spiro atoms. The van der Waals surface area contributed by atoms with Gasteiger partial charge < -0.3 is 14.5 Å². The molecule has 0 radical (unpaired) electrons. The number of methoxy groups -OCH3 is 1. The van der Waals surface area contributed by atoms with Crippen molar-refractivity contribution in [3.63, 3.8) is 0 Å². The molecule has 1 heterocycles. The van der Waals surface area contributed by atoms with E-state index in [9.17, 15) is 9.18 Å². The molecule has 0 saturated heterocycles. The Hall–Kier alpha value is -2.01. The van der Waals surface area contributed by atoms with Crippen LogP contribution in [0, 0.1) is 5.82 Å². The first-order valence-corrected chi connectivity index (χ1v) is 5.84. The van der Waals surface area contributed by atoms with Crippen LogP contribution in [0.3, 0.4) is 0 Å². The zero-order valence-electron chi connectivity index (χ0n) is 10.1. The Labute approximate surface area is 114 Å². The van der Waals surface area contributed by atoms with Crippen LogP contribution in [0.2, 0.25) is 5.02 Å². The van der Waals surface area contributed by atoms with Crippen LogP contribution in [0.25, 0.3) is 0 Å². The molecule has 1 aromatic heterocycles. The highest BCUT2D eigenvalue weighted by atomic mass is 35.5. The lowest BCUT2D eigenvalue weighted by atomic mass is 10.3. The highest BCUT2D eigenvalue weighted by molar-refractivity contribution is 6.30. The number of anilines is 1. The summed E-state index contributed by atoms with van der Waals surface area (Å²) in [6.45, 7) is 0.246. The van der Waals surface area contributed by atoms with Crippen LogP contribution in [0.4, 0.5) is 10.1 Å². The molecule has 0 fully saturated rings. The second-order valence-electron chi connectivity index (χ2n) is 3.74. The Bertz CT molecular complexity index is 597. The van der Waals surface area contributed by atoms with Crippen LogP contribution < -0.4 is 5.32 Å². The second kappa shape index (κ2) is 5.75. The van der Waals surface area contributed by atoms with E-state index in [2.05, 4.69) is 10.1 Å². The first-order valence-electron chi connectivity index (χ1n) is 5.46. The SMILES string of the molecule is COC(=O)c1ccc(CNc2ccc(Cl)cc2F)o1.